The van der Waals surface area contributed by atoms with E-state index in [1.165, 1.54) is 28.7 Å². The van der Waals surface area contributed by atoms with Gasteiger partial charge in [-0.25, -0.2) is 14.0 Å². The molecule has 1 amide bonds. The number of nitrogen functional groups attached to an aromatic ring is 1. The Morgan fingerprint density at radius 2 is 1.91 bits per heavy atom. The highest BCUT2D eigenvalue weighted by atomic mass is 19.1. The highest BCUT2D eigenvalue weighted by Crippen LogP contribution is 2.41. The van der Waals surface area contributed by atoms with Crippen LogP contribution in [0.4, 0.5) is 26.2 Å². The minimum absolute atomic E-state index is 0.0321. The standard InChI is InChI=1S/C31H27FN6O9/c1-31(2,3)47-30(42)34-13-6-7-36(11-13)26-23(32)24(33)22-25-28(26)46-21-9-17-20(10-18(21)37(25)12-15(27(22)39)29(40)41)45-19-8-14(38(43)44)4-5-16(19)35-17/h4-5,8-10,12-13,35H,6-7,11,33H2,1-3H3,(H,34,42)(H,40,41)/t13-/m0/s1. The van der Waals surface area contributed by atoms with E-state index in [9.17, 15) is 29.6 Å². The summed E-state index contributed by atoms with van der Waals surface area (Å²) < 4.78 is 35.3. The molecular formula is C31H27FN6O9. The maximum absolute atomic E-state index is 16.3. The molecule has 1 aliphatic rings. The number of pyridine rings is 1. The number of benzene rings is 3. The molecule has 47 heavy (non-hydrogen) atoms. The Morgan fingerprint density at radius 3 is 2.62 bits per heavy atom. The molecule has 5 N–H and O–H groups in total. The first-order valence-corrected chi connectivity index (χ1v) is 14.5. The molecule has 0 radical (unpaired) electrons. The lowest BCUT2D eigenvalue weighted by Crippen LogP contribution is -2.40. The molecule has 15 nitrogen and oxygen atoms in total. The van der Waals surface area contributed by atoms with Crippen LogP contribution < -0.4 is 21.4 Å². The summed E-state index contributed by atoms with van der Waals surface area (Å²) in [4.78, 5) is 53.6. The Morgan fingerprint density at radius 1 is 1.17 bits per heavy atom. The molecule has 7 rings (SSSR count). The van der Waals surface area contributed by atoms with Crippen molar-refractivity contribution < 1.29 is 37.6 Å². The molecule has 1 aliphatic heterocycles. The average molecular weight is 647 g/mol. The summed E-state index contributed by atoms with van der Waals surface area (Å²) in [6, 6.07) is 6.71. The number of fused-ring (bicyclic) bond motifs is 4. The van der Waals surface area contributed by atoms with Gasteiger partial charge in [0.05, 0.1) is 44.7 Å². The summed E-state index contributed by atoms with van der Waals surface area (Å²) in [5.74, 6) is -2.53. The first-order chi connectivity index (χ1) is 22.2. The molecular weight excluding hydrogens is 619 g/mol. The second-order valence-electron chi connectivity index (χ2n) is 12.3. The van der Waals surface area contributed by atoms with Gasteiger partial charge in [-0.1, -0.05) is 0 Å². The number of anilines is 2. The Bertz CT molecular complexity index is 2430. The predicted octanol–water partition coefficient (Wildman–Crippen LogP) is 5.42. The summed E-state index contributed by atoms with van der Waals surface area (Å²) in [6.45, 7) is 5.65. The van der Waals surface area contributed by atoms with Crippen molar-refractivity contribution in [3.8, 4) is 0 Å². The number of amides is 1. The van der Waals surface area contributed by atoms with Gasteiger partial charge in [-0.15, -0.1) is 0 Å². The number of carboxylic acid groups (broad SMARTS) is 1. The molecule has 3 aromatic heterocycles. The molecule has 0 unspecified atom stereocenters. The van der Waals surface area contributed by atoms with E-state index in [-0.39, 0.29) is 63.2 Å². The molecule has 6 aromatic rings. The number of nitrogens with one attached hydrogen (secondary N) is 2. The van der Waals surface area contributed by atoms with Crippen LogP contribution in [-0.4, -0.2) is 56.2 Å². The van der Waals surface area contributed by atoms with Crippen molar-refractivity contribution in [2.75, 3.05) is 23.7 Å². The fraction of sp³-hybridized carbons (Fsp3) is 0.258. The van der Waals surface area contributed by atoms with Crippen molar-refractivity contribution >= 4 is 78.9 Å². The van der Waals surface area contributed by atoms with E-state index in [2.05, 4.69) is 10.3 Å². The minimum Gasteiger partial charge on any atom is -0.477 e. The number of aromatic carboxylic acids is 1. The molecule has 3 aromatic carbocycles. The third kappa shape index (κ3) is 4.84. The zero-order valence-corrected chi connectivity index (χ0v) is 25.2. The number of carbonyl (C=O) groups is 2. The zero-order valence-electron chi connectivity index (χ0n) is 25.2. The van der Waals surface area contributed by atoms with Gasteiger partial charge in [0.15, 0.2) is 28.1 Å². The zero-order chi connectivity index (χ0) is 33.5. The fourth-order valence-electron chi connectivity index (χ4n) is 6.00. The van der Waals surface area contributed by atoms with Crippen LogP contribution in [0.2, 0.25) is 0 Å². The smallest absolute Gasteiger partial charge is 0.407 e. The largest absolute Gasteiger partial charge is 0.477 e. The van der Waals surface area contributed by atoms with Gasteiger partial charge in [-0.05, 0) is 33.3 Å². The predicted molar refractivity (Wildman–Crippen MR) is 169 cm³/mol. The lowest BCUT2D eigenvalue weighted by Gasteiger charge is -2.24. The van der Waals surface area contributed by atoms with E-state index in [0.717, 1.165) is 6.20 Å². The lowest BCUT2D eigenvalue weighted by molar-refractivity contribution is -0.384. The van der Waals surface area contributed by atoms with E-state index in [0.29, 0.717) is 17.5 Å². The maximum Gasteiger partial charge on any atom is 0.407 e. The van der Waals surface area contributed by atoms with E-state index in [4.69, 9.17) is 19.3 Å². The van der Waals surface area contributed by atoms with Crippen molar-refractivity contribution in [2.24, 2.45) is 0 Å². The van der Waals surface area contributed by atoms with Crippen LogP contribution >= 0.6 is 0 Å². The number of H-pyrrole nitrogens is 1. The van der Waals surface area contributed by atoms with Crippen LogP contribution in [0.25, 0.3) is 49.8 Å². The summed E-state index contributed by atoms with van der Waals surface area (Å²) in [6.07, 6.45) is 0.918. The van der Waals surface area contributed by atoms with Crippen LogP contribution in [0.3, 0.4) is 0 Å². The number of aromatic amines is 1. The van der Waals surface area contributed by atoms with Gasteiger partial charge in [0.25, 0.3) is 5.69 Å². The van der Waals surface area contributed by atoms with Crippen molar-refractivity contribution in [1.82, 2.24) is 14.7 Å². The number of carbonyl (C=O) groups excluding carboxylic acids is 1. The van der Waals surface area contributed by atoms with Crippen molar-refractivity contribution in [2.45, 2.75) is 38.8 Å². The van der Waals surface area contributed by atoms with Gasteiger partial charge in [-0.2, -0.15) is 0 Å². The Kier molecular flexibility index (Phi) is 6.45. The number of rotatable bonds is 4. The number of hydrogen-bond acceptors (Lipinski definition) is 10. The summed E-state index contributed by atoms with van der Waals surface area (Å²) in [7, 11) is 0. The van der Waals surface area contributed by atoms with Gasteiger partial charge in [0, 0.05) is 37.5 Å². The summed E-state index contributed by atoms with van der Waals surface area (Å²) in [5.41, 5.74) is 4.66. The van der Waals surface area contributed by atoms with Crippen LogP contribution in [0.1, 0.15) is 37.6 Å². The minimum atomic E-state index is -1.55. The fourth-order valence-corrected chi connectivity index (χ4v) is 6.00. The monoisotopic (exact) mass is 646 g/mol. The van der Waals surface area contributed by atoms with E-state index < -0.39 is 51.1 Å². The van der Waals surface area contributed by atoms with Gasteiger partial charge in [-0.3, -0.25) is 14.9 Å². The van der Waals surface area contributed by atoms with Crippen molar-refractivity contribution in [3.05, 3.63) is 68.2 Å². The Hall–Kier alpha value is -6.06. The highest BCUT2D eigenvalue weighted by molar-refractivity contribution is 6.11. The molecule has 1 saturated heterocycles. The molecule has 4 heterocycles. The normalized spacial score (nSPS) is 15.3. The number of nitrogens with zero attached hydrogens (tertiary/aromatic N) is 3. The number of non-ortho nitro benzene ring substituents is 1. The first-order valence-electron chi connectivity index (χ1n) is 14.5. The van der Waals surface area contributed by atoms with Gasteiger partial charge in [0.1, 0.15) is 22.4 Å². The third-order valence-electron chi connectivity index (χ3n) is 8.01. The molecule has 0 bridgehead atoms. The van der Waals surface area contributed by atoms with Crippen molar-refractivity contribution in [1.29, 1.82) is 0 Å². The molecule has 0 aliphatic carbocycles. The first kappa shape index (κ1) is 29.6. The van der Waals surface area contributed by atoms with Gasteiger partial charge in [0.2, 0.25) is 5.43 Å². The van der Waals surface area contributed by atoms with Gasteiger partial charge < -0.3 is 44.0 Å². The molecule has 1 fully saturated rings. The Labute approximate surface area is 262 Å². The van der Waals surface area contributed by atoms with Gasteiger partial charge >= 0.3 is 12.1 Å². The molecule has 1 atom stereocenters. The number of hydrogen-bond donors (Lipinski definition) is 4. The number of ether oxygens (including phenoxy) is 1. The molecule has 16 heteroatoms. The van der Waals surface area contributed by atoms with Crippen LogP contribution in [0, 0.1) is 15.9 Å². The number of nitro benzene ring substituents is 1. The van der Waals surface area contributed by atoms with E-state index in [1.807, 2.05) is 0 Å². The number of halogens is 1. The molecule has 0 saturated carbocycles. The second-order valence-corrected chi connectivity index (χ2v) is 12.3. The van der Waals surface area contributed by atoms with E-state index >= 15 is 4.39 Å². The third-order valence-corrected chi connectivity index (χ3v) is 8.01. The summed E-state index contributed by atoms with van der Waals surface area (Å²) in [5, 5.41) is 23.6. The van der Waals surface area contributed by atoms with Crippen molar-refractivity contribution in [3.63, 3.8) is 0 Å². The maximum atomic E-state index is 16.3. The average Bonchev–Trinajstić information content (AvgIpc) is 3.44. The lowest BCUT2D eigenvalue weighted by atomic mass is 10.1. The number of aromatic nitrogens is 2. The number of nitro groups is 1. The van der Waals surface area contributed by atoms with Crippen LogP contribution in [0.5, 0.6) is 0 Å². The number of alkyl carbamates (subject to hydrolysis) is 1. The van der Waals surface area contributed by atoms with E-state index in [1.54, 1.807) is 31.7 Å². The SMILES string of the molecule is CC(C)(C)OC(=O)N[C@H]1CCN(c2c(F)c(N)c3c(=O)c(C(=O)O)cn4c5cc6oc7cc([N+](=O)[O-])ccc7[nH]c6cc5oc2c34)C1. The topological polar surface area (TPSA) is 212 Å². The summed E-state index contributed by atoms with van der Waals surface area (Å²) >= 11 is 0. The second kappa shape index (κ2) is 10.2. The van der Waals surface area contributed by atoms with Crippen LogP contribution in [0.15, 0.2) is 50.2 Å². The quantitative estimate of drug-likeness (QED) is 0.0624. The highest BCUT2D eigenvalue weighted by Gasteiger charge is 2.33. The molecule has 0 spiro atoms. The van der Waals surface area contributed by atoms with Crippen LogP contribution in [-0.2, 0) is 4.74 Å². The molecule has 242 valence electrons. The Balaban J connectivity index is 1.47. The number of nitrogens with two attached hydrogens (primary N) is 1. The number of carboxylic acids is 1.